The summed E-state index contributed by atoms with van der Waals surface area (Å²) in [6.07, 6.45) is 0.934. The molecule has 0 aliphatic heterocycles. The Bertz CT molecular complexity index is 694. The van der Waals surface area contributed by atoms with Gasteiger partial charge in [-0.15, -0.1) is 10.2 Å². The Morgan fingerprint density at radius 1 is 1.20 bits per heavy atom. The minimum atomic E-state index is 0.0253. The smallest absolute Gasteiger partial charge is 0.230 e. The van der Waals surface area contributed by atoms with Gasteiger partial charge in [0.25, 0.3) is 0 Å². The molecule has 0 spiro atoms. The van der Waals surface area contributed by atoms with Gasteiger partial charge in [0, 0.05) is 17.9 Å². The van der Waals surface area contributed by atoms with E-state index in [4.69, 9.17) is 9.47 Å². The van der Waals surface area contributed by atoms with E-state index in [1.807, 2.05) is 25.1 Å². The van der Waals surface area contributed by atoms with Crippen LogP contribution in [0.1, 0.15) is 18.9 Å². The predicted octanol–water partition coefficient (Wildman–Crippen LogP) is 3.47. The van der Waals surface area contributed by atoms with Crippen molar-refractivity contribution >= 4 is 40.8 Å². The standard InChI is InChI=1S/C16H21N3O3S3/c1-4-7-17-14(20)10-24-16-19-18-15(25-16)23-9-11-8-12(21-2)5-6-13(11)22-3/h5-6,8H,4,7,9-10H2,1-3H3,(H,17,20). The van der Waals surface area contributed by atoms with E-state index < -0.39 is 0 Å². The summed E-state index contributed by atoms with van der Waals surface area (Å²) in [5.41, 5.74) is 1.04. The van der Waals surface area contributed by atoms with Crippen molar-refractivity contribution in [3.63, 3.8) is 0 Å². The fourth-order valence-electron chi connectivity index (χ4n) is 1.89. The van der Waals surface area contributed by atoms with Crippen molar-refractivity contribution in [2.45, 2.75) is 27.8 Å². The summed E-state index contributed by atoms with van der Waals surface area (Å²) >= 11 is 4.49. The van der Waals surface area contributed by atoms with Crippen LogP contribution in [0, 0.1) is 0 Å². The maximum Gasteiger partial charge on any atom is 0.230 e. The molecule has 1 N–H and O–H groups in total. The van der Waals surface area contributed by atoms with Crippen molar-refractivity contribution in [2.75, 3.05) is 26.5 Å². The normalized spacial score (nSPS) is 10.5. The number of amides is 1. The zero-order chi connectivity index (χ0) is 18.1. The molecule has 136 valence electrons. The first-order valence-electron chi connectivity index (χ1n) is 7.73. The van der Waals surface area contributed by atoms with Crippen LogP contribution < -0.4 is 14.8 Å². The van der Waals surface area contributed by atoms with E-state index in [2.05, 4.69) is 15.5 Å². The molecule has 1 heterocycles. The lowest BCUT2D eigenvalue weighted by Crippen LogP contribution is -2.25. The number of nitrogens with zero attached hydrogens (tertiary/aromatic N) is 2. The minimum Gasteiger partial charge on any atom is -0.497 e. The molecule has 0 aliphatic rings. The lowest BCUT2D eigenvalue weighted by Gasteiger charge is -2.09. The molecular formula is C16H21N3O3S3. The van der Waals surface area contributed by atoms with Crippen LogP contribution in [-0.2, 0) is 10.5 Å². The molecule has 0 aliphatic carbocycles. The summed E-state index contributed by atoms with van der Waals surface area (Å²) in [5, 5.41) is 11.2. The second-order valence-electron chi connectivity index (χ2n) is 4.94. The molecule has 2 aromatic rings. The molecule has 0 unspecified atom stereocenters. The van der Waals surface area contributed by atoms with Gasteiger partial charge < -0.3 is 14.8 Å². The number of carbonyl (C=O) groups is 1. The molecule has 1 amide bonds. The lowest BCUT2D eigenvalue weighted by atomic mass is 10.2. The van der Waals surface area contributed by atoms with Gasteiger partial charge >= 0.3 is 0 Å². The molecule has 0 radical (unpaired) electrons. The molecule has 0 fully saturated rings. The maximum absolute atomic E-state index is 11.6. The van der Waals surface area contributed by atoms with E-state index in [0.717, 1.165) is 32.2 Å². The fraction of sp³-hybridized carbons (Fsp3) is 0.438. The van der Waals surface area contributed by atoms with Gasteiger partial charge in [0.15, 0.2) is 8.68 Å². The van der Waals surface area contributed by atoms with Gasteiger partial charge in [0.05, 0.1) is 20.0 Å². The van der Waals surface area contributed by atoms with Crippen LogP contribution in [0.3, 0.4) is 0 Å². The molecule has 9 heteroatoms. The Balaban J connectivity index is 1.88. The van der Waals surface area contributed by atoms with Crippen molar-refractivity contribution in [3.8, 4) is 11.5 Å². The fourth-order valence-corrected chi connectivity index (χ4v) is 4.72. The Labute approximate surface area is 160 Å². The quantitative estimate of drug-likeness (QED) is 0.613. The molecule has 0 saturated carbocycles. The number of carbonyl (C=O) groups excluding carboxylic acids is 1. The van der Waals surface area contributed by atoms with Gasteiger partial charge in [-0.3, -0.25) is 4.79 Å². The average Bonchev–Trinajstić information content (AvgIpc) is 3.10. The Kier molecular flexibility index (Phi) is 8.36. The van der Waals surface area contributed by atoms with Crippen LogP contribution in [0.15, 0.2) is 26.9 Å². The van der Waals surface area contributed by atoms with Crippen LogP contribution in [0.4, 0.5) is 0 Å². The van der Waals surface area contributed by atoms with Crippen molar-refractivity contribution in [1.82, 2.24) is 15.5 Å². The molecule has 1 aromatic heterocycles. The summed E-state index contributed by atoms with van der Waals surface area (Å²) in [6, 6.07) is 5.72. The maximum atomic E-state index is 11.6. The second kappa shape index (κ2) is 10.5. The van der Waals surface area contributed by atoms with E-state index in [-0.39, 0.29) is 5.91 Å². The highest BCUT2D eigenvalue weighted by molar-refractivity contribution is 8.03. The molecule has 2 rings (SSSR count). The van der Waals surface area contributed by atoms with Crippen molar-refractivity contribution in [3.05, 3.63) is 23.8 Å². The zero-order valence-corrected chi connectivity index (χ0v) is 16.9. The minimum absolute atomic E-state index is 0.0253. The van der Waals surface area contributed by atoms with Gasteiger partial charge in [-0.2, -0.15) is 0 Å². The number of thioether (sulfide) groups is 2. The molecule has 0 saturated heterocycles. The van der Waals surface area contributed by atoms with Crippen molar-refractivity contribution in [2.24, 2.45) is 0 Å². The first kappa shape index (κ1) is 19.9. The van der Waals surface area contributed by atoms with Gasteiger partial charge in [-0.05, 0) is 24.6 Å². The number of benzene rings is 1. The highest BCUT2D eigenvalue weighted by Crippen LogP contribution is 2.34. The summed E-state index contributed by atoms with van der Waals surface area (Å²) < 4.78 is 12.3. The first-order chi connectivity index (χ1) is 12.2. The summed E-state index contributed by atoms with van der Waals surface area (Å²) in [5.74, 6) is 2.71. The van der Waals surface area contributed by atoms with Gasteiger partial charge in [-0.25, -0.2) is 0 Å². The van der Waals surface area contributed by atoms with Crippen LogP contribution in [0.25, 0.3) is 0 Å². The van der Waals surface area contributed by atoms with Gasteiger partial charge in [0.1, 0.15) is 11.5 Å². The highest BCUT2D eigenvalue weighted by atomic mass is 32.2. The van der Waals surface area contributed by atoms with E-state index in [0.29, 0.717) is 18.1 Å². The molecule has 6 nitrogen and oxygen atoms in total. The number of methoxy groups -OCH3 is 2. The monoisotopic (exact) mass is 399 g/mol. The third kappa shape index (κ3) is 6.41. The van der Waals surface area contributed by atoms with Crippen LogP contribution in [0.5, 0.6) is 11.5 Å². The third-order valence-corrected chi connectivity index (χ3v) is 6.36. The number of nitrogens with one attached hydrogen (secondary N) is 1. The Morgan fingerprint density at radius 2 is 1.96 bits per heavy atom. The number of ether oxygens (including phenoxy) is 2. The number of aromatic nitrogens is 2. The summed E-state index contributed by atoms with van der Waals surface area (Å²) in [6.45, 7) is 2.73. The largest absolute Gasteiger partial charge is 0.497 e. The molecule has 0 bridgehead atoms. The Hall–Kier alpha value is -1.45. The number of hydrogen-bond donors (Lipinski definition) is 1. The molecule has 25 heavy (non-hydrogen) atoms. The third-order valence-electron chi connectivity index (χ3n) is 3.13. The average molecular weight is 400 g/mol. The summed E-state index contributed by atoms with van der Waals surface area (Å²) in [4.78, 5) is 11.6. The van der Waals surface area contributed by atoms with Crippen molar-refractivity contribution < 1.29 is 14.3 Å². The second-order valence-corrected chi connectivity index (χ2v) is 8.36. The van der Waals surface area contributed by atoms with Gasteiger partial charge in [-0.1, -0.05) is 41.8 Å². The highest BCUT2D eigenvalue weighted by Gasteiger charge is 2.11. The number of rotatable bonds is 10. The zero-order valence-electron chi connectivity index (χ0n) is 14.4. The van der Waals surface area contributed by atoms with Crippen LogP contribution in [-0.4, -0.2) is 42.6 Å². The van der Waals surface area contributed by atoms with Crippen molar-refractivity contribution in [1.29, 1.82) is 0 Å². The van der Waals surface area contributed by atoms with Gasteiger partial charge in [0.2, 0.25) is 5.91 Å². The van der Waals surface area contributed by atoms with Crippen LogP contribution in [0.2, 0.25) is 0 Å². The predicted molar refractivity (Wildman–Crippen MR) is 103 cm³/mol. The number of hydrogen-bond acceptors (Lipinski definition) is 8. The lowest BCUT2D eigenvalue weighted by molar-refractivity contribution is -0.118. The van der Waals surface area contributed by atoms with E-state index >= 15 is 0 Å². The summed E-state index contributed by atoms with van der Waals surface area (Å²) in [7, 11) is 3.29. The van der Waals surface area contributed by atoms with E-state index in [9.17, 15) is 4.79 Å². The topological polar surface area (TPSA) is 73.3 Å². The van der Waals surface area contributed by atoms with E-state index in [1.54, 1.807) is 26.0 Å². The Morgan fingerprint density at radius 3 is 2.64 bits per heavy atom. The molecular weight excluding hydrogens is 378 g/mol. The first-order valence-corrected chi connectivity index (χ1v) is 10.5. The molecule has 0 atom stereocenters. The SMILES string of the molecule is CCCNC(=O)CSc1nnc(SCc2cc(OC)ccc2OC)s1. The molecule has 1 aromatic carbocycles. The van der Waals surface area contributed by atoms with E-state index in [1.165, 1.54) is 23.1 Å². The van der Waals surface area contributed by atoms with Crippen LogP contribution >= 0.6 is 34.9 Å².